The van der Waals surface area contributed by atoms with Crippen molar-refractivity contribution in [3.8, 4) is 0 Å². The number of likely N-dealkylation sites (tertiary alicyclic amines) is 1. The van der Waals surface area contributed by atoms with Crippen molar-refractivity contribution >= 4 is 45.9 Å². The van der Waals surface area contributed by atoms with Gasteiger partial charge < -0.3 is 30.6 Å². The molecule has 7 rings (SSSR count). The molecule has 4 N–H and O–H groups in total. The predicted molar refractivity (Wildman–Crippen MR) is 201 cm³/mol. The van der Waals surface area contributed by atoms with E-state index in [1.54, 1.807) is 10.3 Å². The van der Waals surface area contributed by atoms with Crippen molar-refractivity contribution < 1.29 is 33.9 Å². The lowest BCUT2D eigenvalue weighted by molar-refractivity contribution is -0.159. The smallest absolute Gasteiger partial charge is 0.356 e. The number of hydrogen-bond acceptors (Lipinski definition) is 10. The summed E-state index contributed by atoms with van der Waals surface area (Å²) in [6.07, 6.45) is 1.83. The molecule has 3 aliphatic rings. The number of carbonyl (C=O) groups is 4. The fraction of sp³-hybridized carbons (Fsp3) is 0.250. The Labute approximate surface area is 315 Å². The Balaban J connectivity index is 1.20. The molecule has 0 spiro atoms. The van der Waals surface area contributed by atoms with Crippen LogP contribution in [-0.2, 0) is 34.4 Å². The maximum atomic E-state index is 14.2. The minimum absolute atomic E-state index is 0.0840. The van der Waals surface area contributed by atoms with Crippen molar-refractivity contribution in [2.75, 3.05) is 25.4 Å². The summed E-state index contributed by atoms with van der Waals surface area (Å²) in [5.74, 6) is -2.87. The number of amides is 3. The molecule has 2 atom stereocenters. The molecule has 3 aromatic carbocycles. The fourth-order valence-electron chi connectivity index (χ4n) is 7.01. The third-order valence-corrected chi connectivity index (χ3v) is 10.2. The summed E-state index contributed by atoms with van der Waals surface area (Å²) in [5, 5.41) is 19.1. The SMILES string of the molecule is CC(C)CN1CCC(=CC2=C(C(=O)O)N3C(=O)[C@@H](NC(=O)C(=NOC(c4ccccc4)(c4ccccc4)c4ccccc4)c4csc(N)n4)[C@H]3CO2)C1=O. The first-order valence-corrected chi connectivity index (χ1v) is 18.3. The van der Waals surface area contributed by atoms with Crippen LogP contribution in [0.15, 0.2) is 125 Å². The van der Waals surface area contributed by atoms with E-state index in [0.717, 1.165) is 32.9 Å². The number of aliphatic carboxylic acids is 1. The van der Waals surface area contributed by atoms with Crippen LogP contribution < -0.4 is 11.1 Å². The largest absolute Gasteiger partial charge is 0.489 e. The van der Waals surface area contributed by atoms with Gasteiger partial charge in [0.2, 0.25) is 11.5 Å². The topological polar surface area (TPSA) is 177 Å². The Hall–Kier alpha value is -6.28. The van der Waals surface area contributed by atoms with Gasteiger partial charge in [0.15, 0.2) is 22.3 Å². The number of nitrogen functional groups attached to an aromatic ring is 1. The minimum Gasteiger partial charge on any atom is -0.489 e. The average Bonchev–Trinajstić information content (AvgIpc) is 3.76. The van der Waals surface area contributed by atoms with E-state index >= 15 is 0 Å². The number of ether oxygens (including phenoxy) is 1. The number of carbonyl (C=O) groups excluding carboxylic acids is 3. The molecule has 276 valence electrons. The first kappa shape index (κ1) is 36.1. The lowest BCUT2D eigenvalue weighted by Gasteiger charge is -2.49. The van der Waals surface area contributed by atoms with E-state index in [1.165, 1.54) is 6.08 Å². The number of fused-ring (bicyclic) bond motifs is 1. The molecule has 0 radical (unpaired) electrons. The maximum Gasteiger partial charge on any atom is 0.356 e. The third-order valence-electron chi connectivity index (χ3n) is 9.49. The zero-order chi connectivity index (χ0) is 38.0. The van der Waals surface area contributed by atoms with Crippen LogP contribution in [0.25, 0.3) is 0 Å². The van der Waals surface area contributed by atoms with E-state index in [1.807, 2.05) is 105 Å². The molecule has 2 saturated heterocycles. The van der Waals surface area contributed by atoms with Gasteiger partial charge in [-0.25, -0.2) is 9.78 Å². The number of allylic oxidation sites excluding steroid dienone is 1. The highest BCUT2D eigenvalue weighted by Gasteiger charge is 2.55. The highest BCUT2D eigenvalue weighted by atomic mass is 32.1. The number of rotatable bonds is 12. The van der Waals surface area contributed by atoms with Gasteiger partial charge in [-0.15, -0.1) is 11.3 Å². The number of nitrogens with zero attached hydrogens (tertiary/aromatic N) is 4. The molecule has 14 heteroatoms. The molecule has 0 unspecified atom stereocenters. The molecule has 3 aliphatic heterocycles. The number of carboxylic acid groups (broad SMARTS) is 1. The first-order valence-electron chi connectivity index (χ1n) is 17.5. The monoisotopic (exact) mass is 746 g/mol. The second-order valence-corrected chi connectivity index (χ2v) is 14.4. The van der Waals surface area contributed by atoms with Crippen LogP contribution in [0.2, 0.25) is 0 Å². The van der Waals surface area contributed by atoms with Crippen LogP contribution >= 0.6 is 11.3 Å². The molecular weight excluding hydrogens is 709 g/mol. The quantitative estimate of drug-likeness (QED) is 0.0628. The van der Waals surface area contributed by atoms with E-state index in [-0.39, 0.29) is 40.7 Å². The predicted octanol–water partition coefficient (Wildman–Crippen LogP) is 4.27. The van der Waals surface area contributed by atoms with Gasteiger partial charge in [0.25, 0.3) is 11.8 Å². The van der Waals surface area contributed by atoms with Crippen LogP contribution in [0.5, 0.6) is 0 Å². The summed E-state index contributed by atoms with van der Waals surface area (Å²) >= 11 is 1.10. The van der Waals surface area contributed by atoms with Crippen molar-refractivity contribution in [2.45, 2.75) is 38.0 Å². The van der Waals surface area contributed by atoms with Crippen molar-refractivity contribution in [2.24, 2.45) is 11.1 Å². The number of β-lactam (4-membered cyclic amide) rings is 1. The van der Waals surface area contributed by atoms with Gasteiger partial charge in [-0.05, 0) is 18.4 Å². The molecule has 3 amide bonds. The summed E-state index contributed by atoms with van der Waals surface area (Å²) in [6, 6.07) is 26.4. The van der Waals surface area contributed by atoms with Gasteiger partial charge >= 0.3 is 5.97 Å². The van der Waals surface area contributed by atoms with Crippen molar-refractivity contribution in [3.05, 3.63) is 142 Å². The van der Waals surface area contributed by atoms with Gasteiger partial charge in [-0.2, -0.15) is 0 Å². The van der Waals surface area contributed by atoms with E-state index in [4.69, 9.17) is 15.3 Å². The van der Waals surface area contributed by atoms with Crippen LogP contribution in [0.4, 0.5) is 5.13 Å². The highest BCUT2D eigenvalue weighted by molar-refractivity contribution is 7.13. The van der Waals surface area contributed by atoms with Crippen molar-refractivity contribution in [1.82, 2.24) is 20.1 Å². The van der Waals surface area contributed by atoms with Crippen molar-refractivity contribution in [3.63, 3.8) is 0 Å². The summed E-state index contributed by atoms with van der Waals surface area (Å²) in [4.78, 5) is 67.0. The van der Waals surface area contributed by atoms with E-state index in [0.29, 0.717) is 25.1 Å². The molecule has 0 bridgehead atoms. The minimum atomic E-state index is -1.40. The van der Waals surface area contributed by atoms with E-state index in [9.17, 15) is 24.3 Å². The standard InChI is InChI=1S/C40H38N6O7S/c1-24(2)21-45-19-18-25(36(45)48)20-31-34(38(50)51)46-30(22-52-31)33(37(46)49)43-35(47)32(29-23-54-39(41)42-29)44-53-40(26-12-6-3-7-13-26,27-14-8-4-9-15-27)28-16-10-5-11-17-28/h3-17,20,23-24,30,33H,18-19,21-22H2,1-2H3,(H2,41,42)(H,43,47)(H,50,51)/t30-,33+/m1/s1. The Morgan fingerprint density at radius 1 is 1.04 bits per heavy atom. The molecule has 2 fully saturated rings. The first-order chi connectivity index (χ1) is 26.1. The summed E-state index contributed by atoms with van der Waals surface area (Å²) in [7, 11) is 0. The van der Waals surface area contributed by atoms with Gasteiger partial charge in [-0.3, -0.25) is 19.3 Å². The summed E-state index contributed by atoms with van der Waals surface area (Å²) < 4.78 is 5.88. The lowest BCUT2D eigenvalue weighted by Crippen LogP contribution is -2.73. The van der Waals surface area contributed by atoms with Gasteiger partial charge in [0, 0.05) is 40.7 Å². The van der Waals surface area contributed by atoms with E-state index < -0.39 is 41.2 Å². The molecule has 13 nitrogen and oxygen atoms in total. The second kappa shape index (κ2) is 15.0. The third kappa shape index (κ3) is 6.71. The Kier molecular flexibility index (Phi) is 10.0. The molecule has 1 aromatic heterocycles. The maximum absolute atomic E-state index is 14.2. The van der Waals surface area contributed by atoms with Gasteiger partial charge in [0.05, 0.1) is 0 Å². The second-order valence-electron chi connectivity index (χ2n) is 13.5. The fourth-order valence-corrected chi connectivity index (χ4v) is 7.55. The molecule has 0 aliphatic carbocycles. The van der Waals surface area contributed by atoms with Gasteiger partial charge in [-0.1, -0.05) is 110 Å². The van der Waals surface area contributed by atoms with Crippen LogP contribution in [0.1, 0.15) is 42.7 Å². The van der Waals surface area contributed by atoms with Crippen molar-refractivity contribution in [1.29, 1.82) is 0 Å². The molecule has 0 saturated carbocycles. The van der Waals surface area contributed by atoms with Crippen LogP contribution in [-0.4, -0.2) is 81.1 Å². The Morgan fingerprint density at radius 2 is 1.63 bits per heavy atom. The summed E-state index contributed by atoms with van der Waals surface area (Å²) in [5.41, 5.74) is 6.75. The number of benzene rings is 3. The molecular formula is C40H38N6O7S. The highest BCUT2D eigenvalue weighted by Crippen LogP contribution is 2.41. The normalized spacial score (nSPS) is 19.5. The molecule has 54 heavy (non-hydrogen) atoms. The number of oxime groups is 1. The number of nitrogens with one attached hydrogen (secondary N) is 1. The van der Waals surface area contributed by atoms with Gasteiger partial charge in [0.1, 0.15) is 24.4 Å². The molecule has 4 aromatic rings. The van der Waals surface area contributed by atoms with E-state index in [2.05, 4.69) is 15.5 Å². The number of nitrogens with two attached hydrogens (primary N) is 1. The summed E-state index contributed by atoms with van der Waals surface area (Å²) in [6.45, 7) is 4.99. The van der Waals surface area contributed by atoms with Crippen LogP contribution in [0, 0.1) is 5.92 Å². The average molecular weight is 747 g/mol. The zero-order valence-corrected chi connectivity index (χ0v) is 30.4. The Bertz CT molecular complexity index is 2070. The zero-order valence-electron chi connectivity index (χ0n) is 29.5. The number of hydrogen-bond donors (Lipinski definition) is 3. The van der Waals surface area contributed by atoms with Crippen LogP contribution in [0.3, 0.4) is 0 Å². The number of anilines is 1. The number of carboxylic acids is 1. The Morgan fingerprint density at radius 3 is 2.15 bits per heavy atom. The number of thiazole rings is 1. The number of aromatic nitrogens is 1. The lowest BCUT2D eigenvalue weighted by atomic mass is 9.80. The molecule has 4 heterocycles.